The molecule has 2 saturated heterocycles. The fourth-order valence-corrected chi connectivity index (χ4v) is 5.46. The van der Waals surface area contributed by atoms with Gasteiger partial charge in [0.1, 0.15) is 0 Å². The molecule has 0 aromatic heterocycles. The van der Waals surface area contributed by atoms with E-state index >= 15 is 0 Å². The van der Waals surface area contributed by atoms with Gasteiger partial charge in [-0.1, -0.05) is 18.2 Å². The van der Waals surface area contributed by atoms with Crippen LogP contribution in [0.5, 0.6) is 0 Å². The monoisotopic (exact) mass is 295 g/mol. The van der Waals surface area contributed by atoms with Crippen LogP contribution in [0.3, 0.4) is 0 Å². The molecule has 0 radical (unpaired) electrons. The number of nitrogens with zero attached hydrogens (tertiary/aromatic N) is 2. The van der Waals surface area contributed by atoms with Gasteiger partial charge >= 0.3 is 0 Å². The van der Waals surface area contributed by atoms with E-state index in [1.807, 2.05) is 0 Å². The van der Waals surface area contributed by atoms with Crippen molar-refractivity contribution in [2.75, 3.05) is 20.2 Å². The zero-order chi connectivity index (χ0) is 14.9. The second kappa shape index (κ2) is 4.13. The summed E-state index contributed by atoms with van der Waals surface area (Å²) in [6.45, 7) is 2.39. The van der Waals surface area contributed by atoms with Crippen LogP contribution < -0.4 is 5.73 Å². The highest BCUT2D eigenvalue weighted by Crippen LogP contribution is 2.59. The first-order valence-corrected chi connectivity index (χ1v) is 8.21. The van der Waals surface area contributed by atoms with E-state index < -0.39 is 0 Å². The lowest BCUT2D eigenvalue weighted by atomic mass is 9.61. The van der Waals surface area contributed by atoms with Gasteiger partial charge in [-0.25, -0.2) is 0 Å². The van der Waals surface area contributed by atoms with Crippen molar-refractivity contribution in [3.63, 3.8) is 0 Å². The number of fused-ring (bicyclic) bond motifs is 1. The van der Waals surface area contributed by atoms with Crippen LogP contribution >= 0.6 is 0 Å². The average Bonchev–Trinajstić information content (AvgIpc) is 3.22. The van der Waals surface area contributed by atoms with Crippen LogP contribution in [0.15, 0.2) is 40.7 Å². The van der Waals surface area contributed by atoms with Crippen LogP contribution in [0.2, 0.25) is 0 Å². The summed E-state index contributed by atoms with van der Waals surface area (Å²) in [7, 11) is 1.67. The van der Waals surface area contributed by atoms with E-state index in [0.717, 1.165) is 24.1 Å². The Morgan fingerprint density at radius 2 is 2.23 bits per heavy atom. The number of methoxy groups -OCH3 is 1. The topological polar surface area (TPSA) is 50.9 Å². The highest BCUT2D eigenvalue weighted by molar-refractivity contribution is 6.14. The van der Waals surface area contributed by atoms with Crippen molar-refractivity contribution in [2.45, 2.75) is 30.7 Å². The van der Waals surface area contributed by atoms with Gasteiger partial charge in [0.2, 0.25) is 0 Å². The summed E-state index contributed by atoms with van der Waals surface area (Å²) >= 11 is 0. The summed E-state index contributed by atoms with van der Waals surface area (Å²) in [5.41, 5.74) is 11.2. The van der Waals surface area contributed by atoms with Crippen LogP contribution in [-0.4, -0.2) is 36.9 Å². The lowest BCUT2D eigenvalue weighted by Crippen LogP contribution is -2.51. The van der Waals surface area contributed by atoms with Crippen molar-refractivity contribution in [3.8, 4) is 0 Å². The van der Waals surface area contributed by atoms with Gasteiger partial charge in [-0.2, -0.15) is 0 Å². The predicted molar refractivity (Wildman–Crippen MR) is 86.1 cm³/mol. The largest absolute Gasteiger partial charge is 0.482 e. The smallest absolute Gasteiger partial charge is 0.188 e. The molecular weight excluding hydrogens is 274 g/mol. The van der Waals surface area contributed by atoms with E-state index in [2.05, 4.69) is 29.2 Å². The predicted octanol–water partition coefficient (Wildman–Crippen LogP) is 2.33. The Hall–Kier alpha value is -1.81. The molecule has 4 aliphatic rings. The number of ether oxygens (including phenoxy) is 1. The SMILES string of the molecule is CO/C(N)=C1/C[C@H]2CCN3CC[C@@]4(C1=Nc1ccccc14)[C@@H]23. The van der Waals surface area contributed by atoms with E-state index in [0.29, 0.717) is 17.8 Å². The van der Waals surface area contributed by atoms with E-state index in [1.54, 1.807) is 7.11 Å². The van der Waals surface area contributed by atoms with Gasteiger partial charge in [-0.15, -0.1) is 0 Å². The molecule has 0 amide bonds. The summed E-state index contributed by atoms with van der Waals surface area (Å²) in [4.78, 5) is 7.71. The molecule has 3 fully saturated rings. The molecule has 1 saturated carbocycles. The number of benzene rings is 1. The van der Waals surface area contributed by atoms with Crippen molar-refractivity contribution in [1.82, 2.24) is 4.90 Å². The van der Waals surface area contributed by atoms with Gasteiger partial charge in [0.25, 0.3) is 0 Å². The first kappa shape index (κ1) is 12.7. The maximum atomic E-state index is 6.21. The van der Waals surface area contributed by atoms with E-state index in [4.69, 9.17) is 15.5 Å². The van der Waals surface area contributed by atoms with Crippen LogP contribution in [0.25, 0.3) is 0 Å². The van der Waals surface area contributed by atoms with Crippen molar-refractivity contribution in [1.29, 1.82) is 0 Å². The van der Waals surface area contributed by atoms with Crippen LogP contribution in [0, 0.1) is 5.92 Å². The fraction of sp³-hybridized carbons (Fsp3) is 0.500. The maximum absolute atomic E-state index is 6.21. The molecule has 4 nitrogen and oxygen atoms in total. The van der Waals surface area contributed by atoms with Gasteiger partial charge in [0, 0.05) is 11.6 Å². The Balaban J connectivity index is 1.79. The standard InChI is InChI=1S/C18H21N3O/c1-22-17(19)12-10-11-6-8-21-9-7-18(16(11)21)13-4-2-3-5-14(13)20-15(12)18/h2-5,11,16H,6-10,19H2,1H3/b17-12-/t11-,16-,18-/m1/s1. The van der Waals surface area contributed by atoms with Gasteiger partial charge in [0.05, 0.1) is 23.9 Å². The molecule has 114 valence electrons. The molecule has 1 aromatic rings. The molecule has 0 bridgehead atoms. The summed E-state index contributed by atoms with van der Waals surface area (Å²) < 4.78 is 5.41. The highest BCUT2D eigenvalue weighted by Gasteiger charge is 2.62. The molecule has 3 heterocycles. The maximum Gasteiger partial charge on any atom is 0.188 e. The lowest BCUT2D eigenvalue weighted by Gasteiger charge is -2.42. The number of hydrogen-bond acceptors (Lipinski definition) is 4. The Morgan fingerprint density at radius 3 is 3.09 bits per heavy atom. The number of aliphatic imine (C=N–C) groups is 1. The average molecular weight is 295 g/mol. The van der Waals surface area contributed by atoms with Crippen LogP contribution in [0.1, 0.15) is 24.8 Å². The molecule has 1 aliphatic carbocycles. The zero-order valence-corrected chi connectivity index (χ0v) is 12.9. The number of para-hydroxylation sites is 1. The van der Waals surface area contributed by atoms with E-state index in [-0.39, 0.29) is 5.41 Å². The fourth-order valence-electron chi connectivity index (χ4n) is 5.46. The second-order valence-electron chi connectivity index (χ2n) is 6.98. The molecule has 3 atom stereocenters. The van der Waals surface area contributed by atoms with Gasteiger partial charge in [0.15, 0.2) is 5.88 Å². The van der Waals surface area contributed by atoms with Crippen molar-refractivity contribution in [3.05, 3.63) is 41.3 Å². The minimum atomic E-state index is 0.0501. The molecule has 3 aliphatic heterocycles. The summed E-state index contributed by atoms with van der Waals surface area (Å²) in [6.07, 6.45) is 3.43. The molecule has 1 aromatic carbocycles. The second-order valence-corrected chi connectivity index (χ2v) is 6.98. The molecule has 5 rings (SSSR count). The Bertz CT molecular complexity index is 723. The highest BCUT2D eigenvalue weighted by atomic mass is 16.5. The van der Waals surface area contributed by atoms with E-state index in [9.17, 15) is 0 Å². The number of rotatable bonds is 1. The normalized spacial score (nSPS) is 37.4. The van der Waals surface area contributed by atoms with Crippen molar-refractivity contribution in [2.24, 2.45) is 16.6 Å². The van der Waals surface area contributed by atoms with Crippen molar-refractivity contribution < 1.29 is 4.74 Å². The third-order valence-electron chi connectivity index (χ3n) is 6.23. The third-order valence-corrected chi connectivity index (χ3v) is 6.23. The van der Waals surface area contributed by atoms with Gasteiger partial charge in [-0.3, -0.25) is 9.89 Å². The van der Waals surface area contributed by atoms with Crippen molar-refractivity contribution >= 4 is 11.4 Å². The third kappa shape index (κ3) is 1.30. The Labute approximate surface area is 130 Å². The first-order valence-electron chi connectivity index (χ1n) is 8.21. The molecule has 2 N–H and O–H groups in total. The minimum Gasteiger partial charge on any atom is -0.482 e. The molecule has 0 unspecified atom stereocenters. The summed E-state index contributed by atoms with van der Waals surface area (Å²) in [5.74, 6) is 1.24. The van der Waals surface area contributed by atoms with E-state index in [1.165, 1.54) is 30.8 Å². The van der Waals surface area contributed by atoms with Crippen LogP contribution in [-0.2, 0) is 10.2 Å². The number of allylic oxidation sites excluding steroid dienone is 1. The lowest BCUT2D eigenvalue weighted by molar-refractivity contribution is 0.238. The Morgan fingerprint density at radius 1 is 1.36 bits per heavy atom. The first-order chi connectivity index (χ1) is 10.8. The zero-order valence-electron chi connectivity index (χ0n) is 12.9. The molecular formula is C18H21N3O. The molecule has 4 heteroatoms. The molecule has 1 spiro atoms. The van der Waals surface area contributed by atoms with Gasteiger partial charge in [-0.05, 0) is 49.9 Å². The number of hydrogen-bond donors (Lipinski definition) is 1. The summed E-state index contributed by atoms with van der Waals surface area (Å²) in [6, 6.07) is 9.25. The summed E-state index contributed by atoms with van der Waals surface area (Å²) in [5, 5.41) is 0. The quantitative estimate of drug-likeness (QED) is 0.809. The minimum absolute atomic E-state index is 0.0501. The van der Waals surface area contributed by atoms with Gasteiger partial charge < -0.3 is 10.5 Å². The molecule has 22 heavy (non-hydrogen) atoms. The van der Waals surface area contributed by atoms with Crippen LogP contribution in [0.4, 0.5) is 5.69 Å². The Kier molecular flexibility index (Phi) is 2.39. The number of nitrogens with two attached hydrogens (primary N) is 1.